The zero-order chi connectivity index (χ0) is 11.4. The fraction of sp³-hybridized carbons (Fsp3) is 0. The normalized spacial score (nSPS) is 9.75. The summed E-state index contributed by atoms with van der Waals surface area (Å²) in [6, 6.07) is 3.05. The van der Waals surface area contributed by atoms with Gasteiger partial charge in [-0.2, -0.15) is 0 Å². The van der Waals surface area contributed by atoms with E-state index in [1.165, 1.54) is 30.9 Å². The molecule has 2 heterocycles. The summed E-state index contributed by atoms with van der Waals surface area (Å²) < 4.78 is 9.19. The van der Waals surface area contributed by atoms with Crippen LogP contribution in [0.25, 0.3) is 0 Å². The molecule has 6 heteroatoms. The summed E-state index contributed by atoms with van der Waals surface area (Å²) >= 11 is 0. The van der Waals surface area contributed by atoms with Crippen molar-refractivity contribution in [3.8, 4) is 0 Å². The standard InChI is InChI=1S/C10H6N2O4/c13-9(7-2-1-3-11-6-7)16-10(14)8-12-4-5-15-8/h1-6H. The average molecular weight is 218 g/mol. The van der Waals surface area contributed by atoms with Crippen molar-refractivity contribution in [3.63, 3.8) is 0 Å². The summed E-state index contributed by atoms with van der Waals surface area (Å²) in [5.74, 6) is -1.99. The lowest BCUT2D eigenvalue weighted by Gasteiger charge is -1.98. The van der Waals surface area contributed by atoms with Crippen LogP contribution in [0.15, 0.2) is 41.4 Å². The molecule has 0 aromatic carbocycles. The molecule has 0 aliphatic carbocycles. The van der Waals surface area contributed by atoms with Crippen LogP contribution >= 0.6 is 0 Å². The number of carbonyl (C=O) groups is 2. The molecule has 80 valence electrons. The lowest BCUT2D eigenvalue weighted by atomic mass is 10.3. The van der Waals surface area contributed by atoms with Gasteiger partial charge in [0.05, 0.1) is 11.8 Å². The molecule has 0 saturated carbocycles. The van der Waals surface area contributed by atoms with E-state index < -0.39 is 11.9 Å². The van der Waals surface area contributed by atoms with Gasteiger partial charge in [0.25, 0.3) is 0 Å². The highest BCUT2D eigenvalue weighted by molar-refractivity contribution is 6.00. The third-order valence-corrected chi connectivity index (χ3v) is 1.69. The van der Waals surface area contributed by atoms with Gasteiger partial charge >= 0.3 is 17.8 Å². The molecule has 2 aromatic rings. The van der Waals surface area contributed by atoms with Gasteiger partial charge in [-0.1, -0.05) is 0 Å². The smallest absolute Gasteiger partial charge is 0.402 e. The molecule has 0 fully saturated rings. The van der Waals surface area contributed by atoms with Crippen LogP contribution in [0.1, 0.15) is 21.0 Å². The molecule has 2 rings (SSSR count). The summed E-state index contributed by atoms with van der Waals surface area (Å²) in [5.41, 5.74) is 0.183. The molecule has 0 aliphatic heterocycles. The Bertz CT molecular complexity index is 493. The second kappa shape index (κ2) is 4.35. The summed E-state index contributed by atoms with van der Waals surface area (Å²) in [6.07, 6.45) is 5.30. The quantitative estimate of drug-likeness (QED) is 0.553. The van der Waals surface area contributed by atoms with Crippen LogP contribution < -0.4 is 0 Å². The highest BCUT2D eigenvalue weighted by Gasteiger charge is 2.18. The first-order valence-electron chi connectivity index (χ1n) is 4.33. The van der Waals surface area contributed by atoms with Crippen LogP contribution in [0.2, 0.25) is 0 Å². The molecule has 0 atom stereocenters. The number of hydrogen-bond donors (Lipinski definition) is 0. The number of pyridine rings is 1. The number of nitrogens with zero attached hydrogens (tertiary/aromatic N) is 2. The van der Waals surface area contributed by atoms with Gasteiger partial charge < -0.3 is 9.15 Å². The number of oxazole rings is 1. The van der Waals surface area contributed by atoms with Crippen molar-refractivity contribution >= 4 is 11.9 Å². The fourth-order valence-corrected chi connectivity index (χ4v) is 0.995. The Hall–Kier alpha value is -2.50. The fourth-order valence-electron chi connectivity index (χ4n) is 0.995. The number of aromatic nitrogens is 2. The molecule has 0 bridgehead atoms. The molecule has 0 N–H and O–H groups in total. The Morgan fingerprint density at radius 1 is 1.25 bits per heavy atom. The molecule has 16 heavy (non-hydrogen) atoms. The van der Waals surface area contributed by atoms with Gasteiger partial charge in [0.2, 0.25) is 0 Å². The molecule has 2 aromatic heterocycles. The van der Waals surface area contributed by atoms with E-state index in [4.69, 9.17) is 0 Å². The maximum absolute atomic E-state index is 11.4. The Morgan fingerprint density at radius 3 is 2.75 bits per heavy atom. The largest absolute Gasteiger partial charge is 0.440 e. The second-order valence-corrected chi connectivity index (χ2v) is 2.76. The average Bonchev–Trinajstić information content (AvgIpc) is 2.83. The molecule has 0 amide bonds. The van der Waals surface area contributed by atoms with E-state index in [0.717, 1.165) is 0 Å². The van der Waals surface area contributed by atoms with E-state index >= 15 is 0 Å². The van der Waals surface area contributed by atoms with Crippen LogP contribution in [0.4, 0.5) is 0 Å². The number of hydrogen-bond acceptors (Lipinski definition) is 6. The van der Waals surface area contributed by atoms with Crippen molar-refractivity contribution in [1.82, 2.24) is 9.97 Å². The minimum atomic E-state index is -0.932. The van der Waals surface area contributed by atoms with Gasteiger partial charge in [0, 0.05) is 12.4 Å². The Kier molecular flexibility index (Phi) is 2.73. The summed E-state index contributed by atoms with van der Waals surface area (Å²) in [5, 5.41) is 0. The predicted octanol–water partition coefficient (Wildman–Crippen LogP) is 1.07. The van der Waals surface area contributed by atoms with Crippen molar-refractivity contribution in [2.45, 2.75) is 0 Å². The molecule has 6 nitrogen and oxygen atoms in total. The monoisotopic (exact) mass is 218 g/mol. The van der Waals surface area contributed by atoms with E-state index in [9.17, 15) is 9.59 Å². The third-order valence-electron chi connectivity index (χ3n) is 1.69. The van der Waals surface area contributed by atoms with Gasteiger partial charge in [-0.15, -0.1) is 0 Å². The van der Waals surface area contributed by atoms with E-state index in [-0.39, 0.29) is 11.5 Å². The van der Waals surface area contributed by atoms with Crippen molar-refractivity contribution in [3.05, 3.63) is 48.4 Å². The summed E-state index contributed by atoms with van der Waals surface area (Å²) in [7, 11) is 0. The maximum Gasteiger partial charge on any atom is 0.402 e. The van der Waals surface area contributed by atoms with Crippen LogP contribution in [-0.4, -0.2) is 21.9 Å². The van der Waals surface area contributed by atoms with E-state index in [0.29, 0.717) is 0 Å². The molecule has 0 aliphatic rings. The van der Waals surface area contributed by atoms with Gasteiger partial charge in [0.1, 0.15) is 6.26 Å². The van der Waals surface area contributed by atoms with Crippen LogP contribution in [0, 0.1) is 0 Å². The minimum Gasteiger partial charge on any atom is -0.440 e. The Morgan fingerprint density at radius 2 is 2.12 bits per heavy atom. The number of carbonyl (C=O) groups excluding carboxylic acids is 2. The van der Waals surface area contributed by atoms with E-state index in [2.05, 4.69) is 19.1 Å². The molecule has 0 spiro atoms. The number of rotatable bonds is 2. The maximum atomic E-state index is 11.4. The van der Waals surface area contributed by atoms with Crippen molar-refractivity contribution in [2.75, 3.05) is 0 Å². The highest BCUT2D eigenvalue weighted by Crippen LogP contribution is 2.03. The first kappa shape index (κ1) is 10.0. The minimum absolute atomic E-state index is 0.183. The number of ether oxygens (including phenoxy) is 1. The topological polar surface area (TPSA) is 82.3 Å². The summed E-state index contributed by atoms with van der Waals surface area (Å²) in [6.45, 7) is 0. The Balaban J connectivity index is 2.06. The van der Waals surface area contributed by atoms with Crippen LogP contribution in [0.5, 0.6) is 0 Å². The van der Waals surface area contributed by atoms with Crippen LogP contribution in [0.3, 0.4) is 0 Å². The predicted molar refractivity (Wildman–Crippen MR) is 50.5 cm³/mol. The number of esters is 2. The summed E-state index contributed by atoms with van der Waals surface area (Å²) in [4.78, 5) is 29.9. The SMILES string of the molecule is O=C(OC(=O)c1ncco1)c1cccnc1. The van der Waals surface area contributed by atoms with Gasteiger partial charge in [-0.3, -0.25) is 4.98 Å². The highest BCUT2D eigenvalue weighted by atomic mass is 16.6. The van der Waals surface area contributed by atoms with Crippen molar-refractivity contribution < 1.29 is 18.7 Å². The lowest BCUT2D eigenvalue weighted by molar-refractivity contribution is 0.0369. The zero-order valence-corrected chi connectivity index (χ0v) is 7.99. The van der Waals surface area contributed by atoms with Crippen molar-refractivity contribution in [2.24, 2.45) is 0 Å². The molecule has 0 radical (unpaired) electrons. The Labute approximate surface area is 89.9 Å². The molecule has 0 saturated heterocycles. The second-order valence-electron chi connectivity index (χ2n) is 2.76. The zero-order valence-electron chi connectivity index (χ0n) is 7.99. The van der Waals surface area contributed by atoms with Crippen LogP contribution in [-0.2, 0) is 4.74 Å². The third kappa shape index (κ3) is 2.11. The molecular weight excluding hydrogens is 212 g/mol. The van der Waals surface area contributed by atoms with Gasteiger partial charge in [-0.05, 0) is 12.1 Å². The van der Waals surface area contributed by atoms with E-state index in [1.807, 2.05) is 0 Å². The molecule has 0 unspecified atom stereocenters. The van der Waals surface area contributed by atoms with Gasteiger partial charge in [-0.25, -0.2) is 14.6 Å². The van der Waals surface area contributed by atoms with Crippen molar-refractivity contribution in [1.29, 1.82) is 0 Å². The first-order valence-corrected chi connectivity index (χ1v) is 4.33. The molecular formula is C10H6N2O4. The lowest BCUT2D eigenvalue weighted by Crippen LogP contribution is -2.13. The van der Waals surface area contributed by atoms with E-state index in [1.54, 1.807) is 6.07 Å². The first-order chi connectivity index (χ1) is 7.77. The van der Waals surface area contributed by atoms with Gasteiger partial charge in [0.15, 0.2) is 0 Å².